The lowest BCUT2D eigenvalue weighted by Gasteiger charge is -2.23. The van der Waals surface area contributed by atoms with Crippen molar-refractivity contribution in [3.05, 3.63) is 77.5 Å². The van der Waals surface area contributed by atoms with Crippen LogP contribution in [0.25, 0.3) is 43.6 Å². The Labute approximate surface area is 200 Å². The lowest BCUT2D eigenvalue weighted by Crippen LogP contribution is -2.31. The monoisotopic (exact) mass is 448 g/mol. The summed E-state index contributed by atoms with van der Waals surface area (Å²) in [6.07, 6.45) is 3.32. The van der Waals surface area contributed by atoms with Gasteiger partial charge in [0.1, 0.15) is 7.05 Å². The van der Waals surface area contributed by atoms with Crippen molar-refractivity contribution >= 4 is 44.1 Å². The summed E-state index contributed by atoms with van der Waals surface area (Å²) < 4.78 is 2.32. The van der Waals surface area contributed by atoms with Crippen molar-refractivity contribution in [3.63, 3.8) is 0 Å². The Morgan fingerprint density at radius 3 is 2.42 bits per heavy atom. The molecule has 0 aliphatic carbocycles. The molecule has 0 amide bonds. The first-order chi connectivity index (χ1) is 15.7. The van der Waals surface area contributed by atoms with Gasteiger partial charge in [-0.25, -0.2) is 4.57 Å². The standard InChI is InChI=1S/C31H30NS/c1-18-7-9-21-16-26-27(19(2)25(21)13-18)29-28-22(11-12-32(29)6)15-23-14-20(17-31(3,4)5)8-10-24(23)30(28)33-26/h7-16H,17H2,1-6H3/q+1. The van der Waals surface area contributed by atoms with E-state index in [9.17, 15) is 0 Å². The Kier molecular flexibility index (Phi) is 4.45. The Morgan fingerprint density at radius 2 is 1.64 bits per heavy atom. The Balaban J connectivity index is 1.69. The number of pyridine rings is 1. The number of aromatic nitrogens is 1. The molecule has 4 aromatic carbocycles. The third kappa shape index (κ3) is 3.27. The minimum atomic E-state index is 0.282. The first-order valence-corrected chi connectivity index (χ1v) is 12.6. The minimum absolute atomic E-state index is 0.282. The van der Waals surface area contributed by atoms with E-state index in [1.54, 1.807) is 0 Å². The van der Waals surface area contributed by atoms with E-state index < -0.39 is 0 Å². The fourth-order valence-corrected chi connectivity index (χ4v) is 6.90. The molecule has 5 aromatic rings. The molecular formula is C31H30NS+. The van der Waals surface area contributed by atoms with Crippen LogP contribution in [0.2, 0.25) is 0 Å². The minimum Gasteiger partial charge on any atom is -0.200 e. The fraction of sp³-hybridized carbons (Fsp3) is 0.258. The largest absolute Gasteiger partial charge is 0.222 e. The number of fused-ring (bicyclic) bond motifs is 5. The molecule has 0 radical (unpaired) electrons. The van der Waals surface area contributed by atoms with Crippen LogP contribution in [0, 0.1) is 19.3 Å². The van der Waals surface area contributed by atoms with E-state index in [0.29, 0.717) is 0 Å². The highest BCUT2D eigenvalue weighted by molar-refractivity contribution is 8.00. The molecule has 0 saturated heterocycles. The summed E-state index contributed by atoms with van der Waals surface area (Å²) in [7, 11) is 2.19. The molecule has 0 N–H and O–H groups in total. The van der Waals surface area contributed by atoms with Gasteiger partial charge in [-0.1, -0.05) is 74.5 Å². The third-order valence-electron chi connectivity index (χ3n) is 6.96. The zero-order chi connectivity index (χ0) is 23.1. The lowest BCUT2D eigenvalue weighted by atomic mass is 9.87. The predicted octanol–water partition coefficient (Wildman–Crippen LogP) is 8.31. The van der Waals surface area contributed by atoms with Gasteiger partial charge in [0.25, 0.3) is 0 Å². The summed E-state index contributed by atoms with van der Waals surface area (Å²) >= 11 is 1.95. The molecule has 0 bridgehead atoms. The van der Waals surface area contributed by atoms with Gasteiger partial charge in [-0.15, -0.1) is 0 Å². The van der Waals surface area contributed by atoms with Crippen LogP contribution < -0.4 is 4.57 Å². The fourth-order valence-electron chi connectivity index (χ4n) is 5.53. The molecule has 0 unspecified atom stereocenters. The number of rotatable bonds is 1. The molecule has 1 aliphatic rings. The summed E-state index contributed by atoms with van der Waals surface area (Å²) in [5.74, 6) is 0. The zero-order valence-electron chi connectivity index (χ0n) is 20.3. The topological polar surface area (TPSA) is 3.88 Å². The lowest BCUT2D eigenvalue weighted by molar-refractivity contribution is -0.659. The molecule has 1 nitrogen and oxygen atoms in total. The zero-order valence-corrected chi connectivity index (χ0v) is 21.2. The van der Waals surface area contributed by atoms with Gasteiger partial charge >= 0.3 is 0 Å². The average Bonchev–Trinajstić information content (AvgIpc) is 2.75. The van der Waals surface area contributed by atoms with Gasteiger partial charge in [-0.3, -0.25) is 0 Å². The molecule has 2 heterocycles. The van der Waals surface area contributed by atoms with Gasteiger partial charge < -0.3 is 0 Å². The van der Waals surface area contributed by atoms with Gasteiger partial charge in [-0.2, -0.15) is 0 Å². The molecule has 164 valence electrons. The van der Waals surface area contributed by atoms with E-state index in [-0.39, 0.29) is 5.41 Å². The maximum Gasteiger partial charge on any atom is 0.222 e. The van der Waals surface area contributed by atoms with Gasteiger partial charge in [0.05, 0.1) is 10.9 Å². The maximum absolute atomic E-state index is 2.41. The normalized spacial score (nSPS) is 13.2. The van der Waals surface area contributed by atoms with Crippen LogP contribution in [-0.4, -0.2) is 0 Å². The summed E-state index contributed by atoms with van der Waals surface area (Å²) in [5, 5.41) is 8.13. The molecule has 0 spiro atoms. The van der Waals surface area contributed by atoms with E-state index in [1.807, 2.05) is 11.8 Å². The third-order valence-corrected chi connectivity index (χ3v) is 8.13. The first kappa shape index (κ1) is 20.7. The van der Waals surface area contributed by atoms with Crippen molar-refractivity contribution < 1.29 is 4.57 Å². The molecule has 1 aliphatic heterocycles. The van der Waals surface area contributed by atoms with Crippen molar-refractivity contribution in [2.45, 2.75) is 50.8 Å². The molecule has 0 fully saturated rings. The molecule has 2 heteroatoms. The highest BCUT2D eigenvalue weighted by atomic mass is 32.2. The molecule has 6 rings (SSSR count). The number of aryl methyl sites for hydroxylation is 3. The predicted molar refractivity (Wildman–Crippen MR) is 142 cm³/mol. The molecule has 33 heavy (non-hydrogen) atoms. The second-order valence-electron chi connectivity index (χ2n) is 10.9. The van der Waals surface area contributed by atoms with Crippen LogP contribution >= 0.6 is 11.8 Å². The molecular weight excluding hydrogens is 418 g/mol. The van der Waals surface area contributed by atoms with Gasteiger partial charge in [-0.05, 0) is 75.9 Å². The number of benzene rings is 4. The number of hydrogen-bond acceptors (Lipinski definition) is 1. The number of nitrogens with zero attached hydrogens (tertiary/aromatic N) is 1. The maximum atomic E-state index is 2.41. The SMILES string of the molecule is Cc1ccc2cc3c(c(C)c2c1)-c1c2c(c4ccc(CC(C)(C)C)cc4cc2cc[n+]1C)S3. The summed E-state index contributed by atoms with van der Waals surface area (Å²) in [4.78, 5) is 2.76. The van der Waals surface area contributed by atoms with Crippen molar-refractivity contribution in [3.8, 4) is 11.3 Å². The summed E-state index contributed by atoms with van der Waals surface area (Å²) in [6.45, 7) is 11.4. The highest BCUT2D eigenvalue weighted by Gasteiger charge is 2.30. The van der Waals surface area contributed by atoms with Gasteiger partial charge in [0, 0.05) is 15.9 Å². The second-order valence-corrected chi connectivity index (χ2v) is 12.0. The van der Waals surface area contributed by atoms with E-state index in [4.69, 9.17) is 0 Å². The Morgan fingerprint density at radius 1 is 0.818 bits per heavy atom. The van der Waals surface area contributed by atoms with Crippen molar-refractivity contribution in [1.82, 2.24) is 0 Å². The van der Waals surface area contributed by atoms with E-state index in [0.717, 1.165) is 6.42 Å². The summed E-state index contributed by atoms with van der Waals surface area (Å²) in [6, 6.07) is 21.0. The molecule has 0 saturated carbocycles. The Hall–Kier alpha value is -2.84. The average molecular weight is 449 g/mol. The van der Waals surface area contributed by atoms with Crippen LogP contribution in [0.5, 0.6) is 0 Å². The van der Waals surface area contributed by atoms with E-state index in [2.05, 4.69) is 107 Å². The van der Waals surface area contributed by atoms with Gasteiger partial charge in [0.2, 0.25) is 5.69 Å². The quantitative estimate of drug-likeness (QED) is 0.181. The van der Waals surface area contributed by atoms with Crippen LogP contribution in [0.4, 0.5) is 0 Å². The van der Waals surface area contributed by atoms with Crippen molar-refractivity contribution in [2.24, 2.45) is 12.5 Å². The highest BCUT2D eigenvalue weighted by Crippen LogP contribution is 2.51. The van der Waals surface area contributed by atoms with E-state index in [1.165, 1.54) is 70.1 Å². The molecule has 1 aromatic heterocycles. The summed E-state index contributed by atoms with van der Waals surface area (Å²) in [5.41, 5.74) is 7.13. The van der Waals surface area contributed by atoms with Crippen molar-refractivity contribution in [2.75, 3.05) is 0 Å². The van der Waals surface area contributed by atoms with E-state index >= 15 is 0 Å². The van der Waals surface area contributed by atoms with Gasteiger partial charge in [0.15, 0.2) is 6.20 Å². The van der Waals surface area contributed by atoms with Crippen LogP contribution in [0.1, 0.15) is 37.5 Å². The number of hydrogen-bond donors (Lipinski definition) is 0. The smallest absolute Gasteiger partial charge is 0.200 e. The second kappa shape index (κ2) is 7.08. The van der Waals surface area contributed by atoms with Crippen LogP contribution in [0.3, 0.4) is 0 Å². The molecule has 0 atom stereocenters. The van der Waals surface area contributed by atoms with Crippen LogP contribution in [-0.2, 0) is 13.5 Å². The first-order valence-electron chi connectivity index (χ1n) is 11.8. The van der Waals surface area contributed by atoms with Crippen LogP contribution in [0.15, 0.2) is 70.6 Å². The van der Waals surface area contributed by atoms with Crippen molar-refractivity contribution in [1.29, 1.82) is 0 Å². The Bertz CT molecular complexity index is 1620.